The number of allylic oxidation sites excluding steroid dienone is 2. The Morgan fingerprint density at radius 2 is 1.77 bits per heavy atom. The zero-order chi connectivity index (χ0) is 17.8. The van der Waals surface area contributed by atoms with Crippen LogP contribution in [0.2, 0.25) is 0 Å². The summed E-state index contributed by atoms with van der Waals surface area (Å²) in [5, 5.41) is 0.971. The summed E-state index contributed by atoms with van der Waals surface area (Å²) in [5.74, 6) is 0.840. The Labute approximate surface area is 153 Å². The lowest BCUT2D eigenvalue weighted by Crippen LogP contribution is -2.32. The van der Waals surface area contributed by atoms with Gasteiger partial charge in [0.15, 0.2) is 5.76 Å². The van der Waals surface area contributed by atoms with Crippen molar-refractivity contribution < 1.29 is 9.21 Å². The minimum absolute atomic E-state index is 0.0482. The number of furan rings is 1. The Morgan fingerprint density at radius 3 is 2.54 bits per heavy atom. The number of para-hydroxylation sites is 1. The highest BCUT2D eigenvalue weighted by Gasteiger charge is 2.18. The number of rotatable bonds is 5. The molecular formula is C23H23NO2. The van der Waals surface area contributed by atoms with E-state index in [1.165, 1.54) is 5.56 Å². The average molecular weight is 345 g/mol. The van der Waals surface area contributed by atoms with Gasteiger partial charge in [0.25, 0.3) is 0 Å². The number of likely N-dealkylation sites (tertiary alicyclic amines) is 1. The van der Waals surface area contributed by atoms with Crippen LogP contribution in [0.1, 0.15) is 29.0 Å². The van der Waals surface area contributed by atoms with Crippen molar-refractivity contribution in [3.63, 3.8) is 0 Å². The molecule has 1 aromatic heterocycles. The fraction of sp³-hybridized carbons (Fsp3) is 0.261. The number of hydrogen-bond donors (Lipinski definition) is 0. The zero-order valence-corrected chi connectivity index (χ0v) is 14.8. The lowest BCUT2D eigenvalue weighted by Gasteiger charge is -2.30. The van der Waals surface area contributed by atoms with E-state index in [1.807, 2.05) is 30.3 Å². The van der Waals surface area contributed by atoms with Crippen molar-refractivity contribution in [2.75, 3.05) is 13.1 Å². The van der Waals surface area contributed by atoms with E-state index in [0.717, 1.165) is 43.4 Å². The summed E-state index contributed by atoms with van der Waals surface area (Å²) in [7, 11) is 0. The van der Waals surface area contributed by atoms with Crippen molar-refractivity contribution in [1.82, 2.24) is 4.90 Å². The molecule has 1 aliphatic heterocycles. The molecule has 0 bridgehead atoms. The Morgan fingerprint density at radius 1 is 1.04 bits per heavy atom. The summed E-state index contributed by atoms with van der Waals surface area (Å²) in [6, 6.07) is 20.1. The largest absolute Gasteiger partial charge is 0.453 e. The molecule has 0 spiro atoms. The molecule has 3 nitrogen and oxygen atoms in total. The van der Waals surface area contributed by atoms with E-state index in [2.05, 4.69) is 41.3 Å². The maximum atomic E-state index is 12.4. The molecule has 2 heterocycles. The van der Waals surface area contributed by atoms with Crippen LogP contribution in [0.25, 0.3) is 11.0 Å². The van der Waals surface area contributed by atoms with Crippen molar-refractivity contribution >= 4 is 16.8 Å². The van der Waals surface area contributed by atoms with E-state index in [9.17, 15) is 4.79 Å². The summed E-state index contributed by atoms with van der Waals surface area (Å²) in [4.78, 5) is 14.9. The fourth-order valence-electron chi connectivity index (χ4n) is 3.55. The molecule has 3 heteroatoms. The average Bonchev–Trinajstić information content (AvgIpc) is 3.12. The van der Waals surface area contributed by atoms with E-state index in [4.69, 9.17) is 4.42 Å². The molecule has 0 radical (unpaired) electrons. The minimum atomic E-state index is -0.0482. The number of ketones is 1. The molecule has 0 amide bonds. The summed E-state index contributed by atoms with van der Waals surface area (Å²) < 4.78 is 5.64. The van der Waals surface area contributed by atoms with Crippen LogP contribution in [0.3, 0.4) is 0 Å². The molecule has 1 aliphatic rings. The van der Waals surface area contributed by atoms with Crippen LogP contribution in [-0.4, -0.2) is 23.8 Å². The Balaban J connectivity index is 1.31. The number of nitrogens with zero attached hydrogens (tertiary/aromatic N) is 1. The van der Waals surface area contributed by atoms with E-state index < -0.39 is 0 Å². The number of fused-ring (bicyclic) bond motifs is 1. The second kappa shape index (κ2) is 7.71. The van der Waals surface area contributed by atoms with Gasteiger partial charge in [-0.2, -0.15) is 0 Å². The van der Waals surface area contributed by atoms with Crippen LogP contribution in [0, 0.1) is 5.92 Å². The highest BCUT2D eigenvalue weighted by molar-refractivity contribution is 6.04. The molecule has 1 fully saturated rings. The lowest BCUT2D eigenvalue weighted by molar-refractivity contribution is 0.102. The van der Waals surface area contributed by atoms with Crippen LogP contribution in [-0.2, 0) is 6.54 Å². The summed E-state index contributed by atoms with van der Waals surface area (Å²) >= 11 is 0. The van der Waals surface area contributed by atoms with Crippen LogP contribution in [0.15, 0.2) is 77.2 Å². The topological polar surface area (TPSA) is 33.5 Å². The molecule has 26 heavy (non-hydrogen) atoms. The highest BCUT2D eigenvalue weighted by Crippen LogP contribution is 2.22. The maximum absolute atomic E-state index is 12.4. The third-order valence-corrected chi connectivity index (χ3v) is 5.07. The molecule has 0 aliphatic carbocycles. The van der Waals surface area contributed by atoms with Gasteiger partial charge in [0.05, 0.1) is 0 Å². The van der Waals surface area contributed by atoms with Gasteiger partial charge in [0.1, 0.15) is 5.58 Å². The van der Waals surface area contributed by atoms with E-state index in [-0.39, 0.29) is 5.78 Å². The van der Waals surface area contributed by atoms with Crippen LogP contribution >= 0.6 is 0 Å². The molecule has 3 aromatic rings. The number of carbonyl (C=O) groups is 1. The van der Waals surface area contributed by atoms with Crippen molar-refractivity contribution in [2.45, 2.75) is 19.4 Å². The zero-order valence-electron chi connectivity index (χ0n) is 14.8. The second-order valence-electron chi connectivity index (χ2n) is 6.97. The Kier molecular flexibility index (Phi) is 4.98. The van der Waals surface area contributed by atoms with E-state index in [1.54, 1.807) is 6.08 Å². The molecule has 0 unspecified atom stereocenters. The lowest BCUT2D eigenvalue weighted by atomic mass is 9.95. The Bertz CT molecular complexity index is 869. The van der Waals surface area contributed by atoms with Gasteiger partial charge in [0.2, 0.25) is 5.78 Å². The Hall–Kier alpha value is -2.65. The summed E-state index contributed by atoms with van der Waals surface area (Å²) in [6.45, 7) is 3.15. The highest BCUT2D eigenvalue weighted by atomic mass is 16.3. The SMILES string of the molecule is O=C(C=CC1CCN(Cc2ccccc2)CC1)c1cc2ccccc2o1. The first-order chi connectivity index (χ1) is 12.8. The van der Waals surface area contributed by atoms with Gasteiger partial charge in [-0.05, 0) is 55.6 Å². The van der Waals surface area contributed by atoms with Crippen molar-refractivity contribution in [1.29, 1.82) is 0 Å². The first-order valence-corrected chi connectivity index (χ1v) is 9.25. The molecule has 0 N–H and O–H groups in total. The van der Waals surface area contributed by atoms with Gasteiger partial charge in [-0.3, -0.25) is 9.69 Å². The van der Waals surface area contributed by atoms with Gasteiger partial charge in [0, 0.05) is 11.9 Å². The van der Waals surface area contributed by atoms with E-state index in [0.29, 0.717) is 11.7 Å². The molecule has 1 saturated heterocycles. The number of hydrogen-bond acceptors (Lipinski definition) is 3. The van der Waals surface area contributed by atoms with Crippen LogP contribution in [0.4, 0.5) is 0 Å². The standard InChI is InChI=1S/C23H23NO2/c25-21(23-16-20-8-4-5-9-22(20)26-23)11-10-18-12-14-24(15-13-18)17-19-6-2-1-3-7-19/h1-11,16,18H,12-15,17H2. The second-order valence-corrected chi connectivity index (χ2v) is 6.97. The first kappa shape index (κ1) is 16.8. The van der Waals surface area contributed by atoms with Crippen LogP contribution < -0.4 is 0 Å². The molecule has 4 rings (SSSR count). The van der Waals surface area contributed by atoms with Gasteiger partial charge in [-0.15, -0.1) is 0 Å². The van der Waals surface area contributed by atoms with Gasteiger partial charge >= 0.3 is 0 Å². The third-order valence-electron chi connectivity index (χ3n) is 5.07. The predicted octanol–water partition coefficient (Wildman–Crippen LogP) is 5.08. The smallest absolute Gasteiger partial charge is 0.220 e. The number of benzene rings is 2. The van der Waals surface area contributed by atoms with E-state index >= 15 is 0 Å². The number of carbonyl (C=O) groups excluding carboxylic acids is 1. The normalized spacial score (nSPS) is 16.5. The molecule has 2 aromatic carbocycles. The summed E-state index contributed by atoms with van der Waals surface area (Å²) in [5.41, 5.74) is 2.13. The molecule has 0 atom stereocenters. The predicted molar refractivity (Wildman–Crippen MR) is 104 cm³/mol. The molecule has 0 saturated carbocycles. The van der Waals surface area contributed by atoms with Crippen molar-refractivity contribution in [3.8, 4) is 0 Å². The fourth-order valence-corrected chi connectivity index (χ4v) is 3.55. The summed E-state index contributed by atoms with van der Waals surface area (Å²) in [6.07, 6.45) is 5.94. The maximum Gasteiger partial charge on any atom is 0.220 e. The monoisotopic (exact) mass is 345 g/mol. The first-order valence-electron chi connectivity index (χ1n) is 9.25. The van der Waals surface area contributed by atoms with Crippen LogP contribution in [0.5, 0.6) is 0 Å². The number of piperidine rings is 1. The quantitative estimate of drug-likeness (QED) is 0.477. The van der Waals surface area contributed by atoms with Crippen molar-refractivity contribution in [2.24, 2.45) is 5.92 Å². The third kappa shape index (κ3) is 3.94. The minimum Gasteiger partial charge on any atom is -0.453 e. The van der Waals surface area contributed by atoms with Gasteiger partial charge in [-0.1, -0.05) is 54.6 Å². The molecular weight excluding hydrogens is 322 g/mol. The van der Waals surface area contributed by atoms with Crippen molar-refractivity contribution in [3.05, 3.63) is 84.1 Å². The van der Waals surface area contributed by atoms with Gasteiger partial charge < -0.3 is 4.42 Å². The van der Waals surface area contributed by atoms with Gasteiger partial charge in [-0.25, -0.2) is 0 Å². The molecule has 132 valence electrons.